The number of nitrogens with one attached hydrogen (secondary N) is 2. The molecule has 0 aliphatic carbocycles. The first-order valence-electron chi connectivity index (χ1n) is 11.0. The number of methoxy groups -OCH3 is 1. The minimum atomic E-state index is -0.261. The average molecular weight is 559 g/mol. The largest absolute Gasteiger partial charge is 0.497 e. The first-order valence-corrected chi connectivity index (χ1v) is 11.0. The number of aliphatic imine (C=N–C) groups is 1. The van der Waals surface area contributed by atoms with Gasteiger partial charge in [-0.15, -0.1) is 24.0 Å². The zero-order valence-electron chi connectivity index (χ0n) is 18.8. The number of amides is 2. The van der Waals surface area contributed by atoms with E-state index < -0.39 is 0 Å². The van der Waals surface area contributed by atoms with Crippen LogP contribution in [0.5, 0.6) is 5.75 Å². The molecule has 2 N–H and O–H groups in total. The highest BCUT2D eigenvalue weighted by atomic mass is 127. The highest BCUT2D eigenvalue weighted by Crippen LogP contribution is 2.16. The number of guanidine groups is 1. The molecule has 2 amide bonds. The molecule has 2 aliphatic rings. The van der Waals surface area contributed by atoms with Crippen LogP contribution < -0.4 is 15.4 Å². The van der Waals surface area contributed by atoms with Gasteiger partial charge < -0.3 is 29.9 Å². The van der Waals surface area contributed by atoms with Crippen molar-refractivity contribution in [3.05, 3.63) is 29.8 Å². The van der Waals surface area contributed by atoms with Gasteiger partial charge in [-0.05, 0) is 44.0 Å². The van der Waals surface area contributed by atoms with E-state index in [4.69, 9.17) is 9.47 Å². The summed E-state index contributed by atoms with van der Waals surface area (Å²) in [7, 11) is 1.59. The standard InChI is InChI=1S/C22H33N5O4.HI/c1-3-23-22(25-11-10-24-20(28)17-6-8-18(30-2)9-7-17)27-14-12-26(13-15-27)21(29)19-5-4-16-31-19;/h6-9,19H,3-5,10-16H2,1-2H3,(H,23,25)(H,24,28);1H. The van der Waals surface area contributed by atoms with Gasteiger partial charge in [-0.1, -0.05) is 0 Å². The summed E-state index contributed by atoms with van der Waals surface area (Å²) in [5.74, 6) is 1.50. The normalized spacial score (nSPS) is 18.7. The van der Waals surface area contributed by atoms with Gasteiger partial charge in [-0.25, -0.2) is 0 Å². The maximum Gasteiger partial charge on any atom is 0.251 e. The topological polar surface area (TPSA) is 95.5 Å². The molecular formula is C22H34IN5O4. The lowest BCUT2D eigenvalue weighted by molar-refractivity contribution is -0.142. The Bertz CT molecular complexity index is 760. The monoisotopic (exact) mass is 559 g/mol. The van der Waals surface area contributed by atoms with Gasteiger partial charge in [0.05, 0.1) is 13.7 Å². The molecule has 178 valence electrons. The molecule has 10 heteroatoms. The number of benzene rings is 1. The van der Waals surface area contributed by atoms with E-state index in [1.54, 1.807) is 31.4 Å². The number of nitrogens with zero attached hydrogens (tertiary/aromatic N) is 3. The average Bonchev–Trinajstić information content (AvgIpc) is 3.35. The van der Waals surface area contributed by atoms with Crippen molar-refractivity contribution in [1.29, 1.82) is 0 Å². The summed E-state index contributed by atoms with van der Waals surface area (Å²) >= 11 is 0. The molecule has 2 aliphatic heterocycles. The summed E-state index contributed by atoms with van der Waals surface area (Å²) in [5.41, 5.74) is 0.587. The summed E-state index contributed by atoms with van der Waals surface area (Å²) < 4.78 is 10.6. The molecule has 0 saturated carbocycles. The molecule has 0 bridgehead atoms. The number of carbonyl (C=O) groups excluding carboxylic acids is 2. The number of carbonyl (C=O) groups is 2. The van der Waals surface area contributed by atoms with Crippen LogP contribution in [0, 0.1) is 0 Å². The van der Waals surface area contributed by atoms with Crippen molar-refractivity contribution in [2.24, 2.45) is 4.99 Å². The summed E-state index contributed by atoms with van der Waals surface area (Å²) in [5, 5.41) is 6.20. The van der Waals surface area contributed by atoms with Crippen LogP contribution in [-0.2, 0) is 9.53 Å². The minimum absolute atomic E-state index is 0. The van der Waals surface area contributed by atoms with Crippen molar-refractivity contribution >= 4 is 41.8 Å². The van der Waals surface area contributed by atoms with E-state index in [0.717, 1.165) is 38.4 Å². The molecule has 3 rings (SSSR count). The number of piperazine rings is 1. The van der Waals surface area contributed by atoms with Crippen molar-refractivity contribution in [1.82, 2.24) is 20.4 Å². The smallest absolute Gasteiger partial charge is 0.251 e. The lowest BCUT2D eigenvalue weighted by Crippen LogP contribution is -2.55. The fourth-order valence-electron chi connectivity index (χ4n) is 3.72. The SMILES string of the molecule is CCNC(=NCCNC(=O)c1ccc(OC)cc1)N1CCN(C(=O)C2CCCO2)CC1.I. The number of hydrogen-bond donors (Lipinski definition) is 2. The maximum absolute atomic E-state index is 12.5. The Morgan fingerprint density at radius 2 is 1.81 bits per heavy atom. The van der Waals surface area contributed by atoms with E-state index in [1.807, 2.05) is 11.8 Å². The second kappa shape index (κ2) is 13.5. The van der Waals surface area contributed by atoms with Crippen molar-refractivity contribution in [2.75, 3.05) is 59.5 Å². The van der Waals surface area contributed by atoms with Gasteiger partial charge >= 0.3 is 0 Å². The minimum Gasteiger partial charge on any atom is -0.497 e. The third kappa shape index (κ3) is 7.22. The fourth-order valence-corrected chi connectivity index (χ4v) is 3.72. The quantitative estimate of drug-likeness (QED) is 0.227. The predicted octanol–water partition coefficient (Wildman–Crippen LogP) is 1.33. The Balaban J connectivity index is 0.00000363. The second-order valence-corrected chi connectivity index (χ2v) is 7.53. The molecular weight excluding hydrogens is 525 g/mol. The molecule has 0 aromatic heterocycles. The molecule has 2 saturated heterocycles. The Labute approximate surface area is 206 Å². The zero-order chi connectivity index (χ0) is 22.1. The molecule has 1 atom stereocenters. The van der Waals surface area contributed by atoms with E-state index in [1.165, 1.54) is 0 Å². The lowest BCUT2D eigenvalue weighted by Gasteiger charge is -2.37. The van der Waals surface area contributed by atoms with E-state index in [-0.39, 0.29) is 41.9 Å². The van der Waals surface area contributed by atoms with E-state index in [9.17, 15) is 9.59 Å². The molecule has 0 radical (unpaired) electrons. The van der Waals surface area contributed by atoms with Crippen LogP contribution in [-0.4, -0.2) is 93.2 Å². The molecule has 1 aromatic rings. The molecule has 2 fully saturated rings. The number of halogens is 1. The molecule has 1 unspecified atom stereocenters. The lowest BCUT2D eigenvalue weighted by atomic mass is 10.2. The van der Waals surface area contributed by atoms with E-state index in [2.05, 4.69) is 20.5 Å². The van der Waals surface area contributed by atoms with E-state index >= 15 is 0 Å². The van der Waals surface area contributed by atoms with Crippen molar-refractivity contribution in [3.63, 3.8) is 0 Å². The van der Waals surface area contributed by atoms with E-state index in [0.29, 0.717) is 44.1 Å². The summed E-state index contributed by atoms with van der Waals surface area (Å²) in [6.07, 6.45) is 1.52. The van der Waals surface area contributed by atoms with Crippen molar-refractivity contribution < 1.29 is 19.1 Å². The summed E-state index contributed by atoms with van der Waals surface area (Å²) in [6, 6.07) is 7.00. The van der Waals surface area contributed by atoms with Crippen molar-refractivity contribution in [2.45, 2.75) is 25.9 Å². The third-order valence-electron chi connectivity index (χ3n) is 5.44. The predicted molar refractivity (Wildman–Crippen MR) is 134 cm³/mol. The van der Waals surface area contributed by atoms with Crippen LogP contribution in [0.1, 0.15) is 30.1 Å². The summed E-state index contributed by atoms with van der Waals surface area (Å²) in [4.78, 5) is 33.5. The van der Waals surface area contributed by atoms with Gasteiger partial charge in [-0.3, -0.25) is 14.6 Å². The number of hydrogen-bond acceptors (Lipinski definition) is 5. The zero-order valence-corrected chi connectivity index (χ0v) is 21.2. The van der Waals surface area contributed by atoms with Gasteiger partial charge in [0.1, 0.15) is 11.9 Å². The first-order chi connectivity index (χ1) is 15.1. The Hall–Kier alpha value is -2.08. The molecule has 2 heterocycles. The van der Waals surface area contributed by atoms with Gasteiger partial charge in [-0.2, -0.15) is 0 Å². The van der Waals surface area contributed by atoms with Crippen LogP contribution in [0.4, 0.5) is 0 Å². The maximum atomic E-state index is 12.5. The molecule has 1 aromatic carbocycles. The van der Waals surface area contributed by atoms with Gasteiger partial charge in [0.15, 0.2) is 5.96 Å². The first kappa shape index (κ1) is 26.2. The summed E-state index contributed by atoms with van der Waals surface area (Å²) in [6.45, 7) is 7.16. The van der Waals surface area contributed by atoms with Crippen LogP contribution in [0.2, 0.25) is 0 Å². The second-order valence-electron chi connectivity index (χ2n) is 7.53. The highest BCUT2D eigenvalue weighted by Gasteiger charge is 2.30. The van der Waals surface area contributed by atoms with Crippen LogP contribution in [0.15, 0.2) is 29.3 Å². The molecule has 9 nitrogen and oxygen atoms in total. The van der Waals surface area contributed by atoms with Gasteiger partial charge in [0, 0.05) is 51.4 Å². The van der Waals surface area contributed by atoms with Crippen LogP contribution in [0.25, 0.3) is 0 Å². The highest BCUT2D eigenvalue weighted by molar-refractivity contribution is 14.0. The fraction of sp³-hybridized carbons (Fsp3) is 0.591. The number of ether oxygens (including phenoxy) is 2. The van der Waals surface area contributed by atoms with Crippen molar-refractivity contribution in [3.8, 4) is 5.75 Å². The number of rotatable bonds is 7. The van der Waals surface area contributed by atoms with Gasteiger partial charge in [0.25, 0.3) is 11.8 Å². The molecule has 0 spiro atoms. The van der Waals surface area contributed by atoms with Gasteiger partial charge in [0.2, 0.25) is 0 Å². The molecule has 32 heavy (non-hydrogen) atoms. The van der Waals surface area contributed by atoms with Crippen LogP contribution in [0.3, 0.4) is 0 Å². The Kier molecular flexibility index (Phi) is 11.0. The third-order valence-corrected chi connectivity index (χ3v) is 5.44. The Morgan fingerprint density at radius 1 is 1.12 bits per heavy atom. The van der Waals surface area contributed by atoms with Crippen LogP contribution >= 0.6 is 24.0 Å². The Morgan fingerprint density at radius 3 is 2.41 bits per heavy atom.